The zero-order valence-electron chi connectivity index (χ0n) is 6.39. The van der Waals surface area contributed by atoms with Crippen molar-refractivity contribution < 1.29 is 0 Å². The summed E-state index contributed by atoms with van der Waals surface area (Å²) < 4.78 is 0. The number of halogens is 1. The van der Waals surface area contributed by atoms with E-state index in [1.54, 1.807) is 0 Å². The van der Waals surface area contributed by atoms with Crippen molar-refractivity contribution in [2.24, 2.45) is 0 Å². The minimum absolute atomic E-state index is 0. The second-order valence-electron chi connectivity index (χ2n) is 1.39. The number of hydrogen-bond acceptors (Lipinski definition) is 0. The maximum atomic E-state index is 3.48. The number of rotatable bonds is 2. The molecule has 0 aliphatic carbocycles. The summed E-state index contributed by atoms with van der Waals surface area (Å²) in [6.45, 7) is 11.1. The first-order chi connectivity index (χ1) is 3.83. The van der Waals surface area contributed by atoms with Crippen LogP contribution in [0.4, 0.5) is 0 Å². The molecule has 0 saturated heterocycles. The normalized spacial score (nSPS) is 5.56. The Morgan fingerprint density at radius 1 is 1.00 bits per heavy atom. The predicted octanol–water partition coefficient (Wildman–Crippen LogP) is 3.59. The Hall–Kier alpha value is -0.230. The first-order valence-electron chi connectivity index (χ1n) is 3.05. The van der Waals surface area contributed by atoms with Gasteiger partial charge in [0.2, 0.25) is 0 Å². The first-order valence-corrected chi connectivity index (χ1v) is 3.05. The first kappa shape index (κ1) is 15.9. The van der Waals surface area contributed by atoms with Gasteiger partial charge < -0.3 is 0 Å². The fourth-order valence-electron chi connectivity index (χ4n) is 0. The van der Waals surface area contributed by atoms with Gasteiger partial charge in [-0.2, -0.15) is 0 Å². The van der Waals surface area contributed by atoms with Gasteiger partial charge in [0.15, 0.2) is 0 Å². The second-order valence-corrected chi connectivity index (χ2v) is 1.39. The van der Waals surface area contributed by atoms with E-state index in [-0.39, 0.29) is 12.4 Å². The van der Waals surface area contributed by atoms with E-state index in [1.807, 2.05) is 12.2 Å². The summed E-state index contributed by atoms with van der Waals surface area (Å²) in [6, 6.07) is 0. The predicted molar refractivity (Wildman–Crippen MR) is 48.2 cm³/mol. The van der Waals surface area contributed by atoms with Crippen molar-refractivity contribution in [3.8, 4) is 0 Å². The highest BCUT2D eigenvalue weighted by Crippen LogP contribution is 1.66. The van der Waals surface area contributed by atoms with Crippen molar-refractivity contribution in [3.05, 3.63) is 25.3 Å². The summed E-state index contributed by atoms with van der Waals surface area (Å²) >= 11 is 0. The fraction of sp³-hybridized carbons (Fsp3) is 0.500. The van der Waals surface area contributed by atoms with E-state index in [1.165, 1.54) is 0 Å². The highest BCUT2D eigenvalue weighted by Gasteiger charge is 1.45. The van der Waals surface area contributed by atoms with Crippen LogP contribution in [0.3, 0.4) is 0 Å². The van der Waals surface area contributed by atoms with E-state index in [2.05, 4.69) is 27.0 Å². The maximum absolute atomic E-state index is 3.48. The minimum Gasteiger partial charge on any atom is -0.147 e. The van der Waals surface area contributed by atoms with Crippen LogP contribution in [0.1, 0.15) is 26.7 Å². The molecule has 0 aromatic heterocycles. The van der Waals surface area contributed by atoms with Gasteiger partial charge in [0, 0.05) is 0 Å². The molecular formula is C8H17Cl. The molecule has 56 valence electrons. The Balaban J connectivity index is -0.0000000720. The zero-order valence-corrected chi connectivity index (χ0v) is 7.21. The lowest BCUT2D eigenvalue weighted by atomic mass is 10.5. The Morgan fingerprint density at radius 2 is 1.11 bits per heavy atom. The van der Waals surface area contributed by atoms with Gasteiger partial charge in [0.25, 0.3) is 0 Å². The molecule has 0 aromatic carbocycles. The lowest BCUT2D eigenvalue weighted by Crippen LogP contribution is -1.36. The topological polar surface area (TPSA) is 0 Å². The second kappa shape index (κ2) is 25.1. The summed E-state index contributed by atoms with van der Waals surface area (Å²) in [7, 11) is 0. The van der Waals surface area contributed by atoms with Crippen LogP contribution < -0.4 is 0 Å². The van der Waals surface area contributed by atoms with E-state index < -0.39 is 0 Å². The van der Waals surface area contributed by atoms with E-state index in [9.17, 15) is 0 Å². The molecule has 0 aliphatic heterocycles. The molecule has 9 heavy (non-hydrogen) atoms. The van der Waals surface area contributed by atoms with Crippen molar-refractivity contribution in [3.63, 3.8) is 0 Å². The van der Waals surface area contributed by atoms with Crippen LogP contribution >= 0.6 is 12.4 Å². The SMILES string of the molecule is C=CCC.C=CCC.Cl. The molecule has 0 unspecified atom stereocenters. The van der Waals surface area contributed by atoms with Crippen molar-refractivity contribution >= 4 is 12.4 Å². The molecule has 0 atom stereocenters. The van der Waals surface area contributed by atoms with Crippen LogP contribution in [0.5, 0.6) is 0 Å². The molecule has 0 amide bonds. The summed E-state index contributed by atoms with van der Waals surface area (Å²) in [5.74, 6) is 0. The van der Waals surface area contributed by atoms with E-state index in [0.717, 1.165) is 12.8 Å². The fourth-order valence-corrected chi connectivity index (χ4v) is 0. The van der Waals surface area contributed by atoms with Crippen LogP contribution in [-0.2, 0) is 0 Å². The van der Waals surface area contributed by atoms with E-state index >= 15 is 0 Å². The Labute approximate surface area is 65.1 Å². The third kappa shape index (κ3) is 82.6. The summed E-state index contributed by atoms with van der Waals surface area (Å²) in [5, 5.41) is 0. The average molecular weight is 149 g/mol. The van der Waals surface area contributed by atoms with Crippen molar-refractivity contribution in [2.75, 3.05) is 0 Å². The van der Waals surface area contributed by atoms with Gasteiger partial charge in [-0.25, -0.2) is 0 Å². The van der Waals surface area contributed by atoms with Crippen molar-refractivity contribution in [1.29, 1.82) is 0 Å². The molecule has 0 radical (unpaired) electrons. The molecule has 0 fully saturated rings. The van der Waals surface area contributed by atoms with Crippen LogP contribution in [0.2, 0.25) is 0 Å². The van der Waals surface area contributed by atoms with Gasteiger partial charge in [-0.15, -0.1) is 25.6 Å². The van der Waals surface area contributed by atoms with Crippen LogP contribution in [0.15, 0.2) is 25.3 Å². The molecule has 1 heteroatoms. The number of hydrogen-bond donors (Lipinski definition) is 0. The molecule has 0 saturated carbocycles. The van der Waals surface area contributed by atoms with Gasteiger partial charge in [0.05, 0.1) is 0 Å². The third-order valence-corrected chi connectivity index (χ3v) is 0.577. The number of allylic oxidation sites excluding steroid dienone is 2. The molecule has 0 N–H and O–H groups in total. The van der Waals surface area contributed by atoms with Crippen LogP contribution in [0.25, 0.3) is 0 Å². The molecule has 0 nitrogen and oxygen atoms in total. The molecule has 0 aliphatic rings. The zero-order chi connectivity index (χ0) is 6.83. The summed E-state index contributed by atoms with van der Waals surface area (Å²) in [5.41, 5.74) is 0. The lowest BCUT2D eigenvalue weighted by molar-refractivity contribution is 1.23. The van der Waals surface area contributed by atoms with Gasteiger partial charge in [-0.3, -0.25) is 0 Å². The minimum atomic E-state index is 0. The van der Waals surface area contributed by atoms with Gasteiger partial charge in [0.1, 0.15) is 0 Å². The quantitative estimate of drug-likeness (QED) is 0.525. The maximum Gasteiger partial charge on any atom is -0.0382 e. The van der Waals surface area contributed by atoms with E-state index in [0.29, 0.717) is 0 Å². The highest BCUT2D eigenvalue weighted by atomic mass is 35.5. The monoisotopic (exact) mass is 148 g/mol. The van der Waals surface area contributed by atoms with Gasteiger partial charge >= 0.3 is 0 Å². The summed E-state index contributed by atoms with van der Waals surface area (Å²) in [4.78, 5) is 0. The van der Waals surface area contributed by atoms with Crippen molar-refractivity contribution in [1.82, 2.24) is 0 Å². The van der Waals surface area contributed by atoms with Crippen LogP contribution in [-0.4, -0.2) is 0 Å². The van der Waals surface area contributed by atoms with Crippen LogP contribution in [0, 0.1) is 0 Å². The molecule has 0 bridgehead atoms. The summed E-state index contributed by atoms with van der Waals surface area (Å²) in [6.07, 6.45) is 5.92. The van der Waals surface area contributed by atoms with E-state index in [4.69, 9.17) is 0 Å². The molecule has 0 heterocycles. The largest absolute Gasteiger partial charge is 0.147 e. The molecule has 0 aromatic rings. The van der Waals surface area contributed by atoms with Gasteiger partial charge in [-0.05, 0) is 12.8 Å². The average Bonchev–Trinajstić information content (AvgIpc) is 1.88. The molecule has 0 spiro atoms. The Kier molecular flexibility index (Phi) is 44.3. The third-order valence-electron chi connectivity index (χ3n) is 0.577. The lowest BCUT2D eigenvalue weighted by Gasteiger charge is -1.57. The van der Waals surface area contributed by atoms with Crippen molar-refractivity contribution in [2.45, 2.75) is 26.7 Å². The van der Waals surface area contributed by atoms with Gasteiger partial charge in [-0.1, -0.05) is 26.0 Å². The smallest absolute Gasteiger partial charge is 0.0382 e. The Morgan fingerprint density at radius 3 is 1.11 bits per heavy atom. The molecular weight excluding hydrogens is 132 g/mol. The molecule has 0 rings (SSSR count). The Bertz CT molecular complexity index is 40.5. The standard InChI is InChI=1S/2C4H8.ClH/c2*1-3-4-2;/h2*3H,1,4H2,2H3;1H. The highest BCUT2D eigenvalue weighted by molar-refractivity contribution is 5.85.